The summed E-state index contributed by atoms with van der Waals surface area (Å²) in [7, 11) is 0. The van der Waals surface area contributed by atoms with Gasteiger partial charge in [0.25, 0.3) is 0 Å². The van der Waals surface area contributed by atoms with Crippen LogP contribution in [0.3, 0.4) is 0 Å². The van der Waals surface area contributed by atoms with Gasteiger partial charge >= 0.3 is 0 Å². The van der Waals surface area contributed by atoms with Crippen LogP contribution >= 0.6 is 0 Å². The molecule has 9 rings (SSSR count). The van der Waals surface area contributed by atoms with E-state index in [1.165, 1.54) is 70.9 Å². The Bertz CT molecular complexity index is 2910. The predicted octanol–water partition coefficient (Wildman–Crippen LogP) is 15.2. The Balaban J connectivity index is 1.19. The van der Waals surface area contributed by atoms with Crippen LogP contribution in [-0.4, -0.2) is 0 Å². The van der Waals surface area contributed by atoms with Crippen LogP contribution in [0.5, 0.6) is 0 Å². The zero-order valence-electron chi connectivity index (χ0n) is 30.1. The maximum absolute atomic E-state index is 4.83. The molecule has 0 heteroatoms. The van der Waals surface area contributed by atoms with Crippen molar-refractivity contribution in [2.75, 3.05) is 0 Å². The number of hydrogen-bond donors (Lipinski definition) is 0. The van der Waals surface area contributed by atoms with Crippen LogP contribution in [0.15, 0.2) is 202 Å². The molecule has 0 aliphatic rings. The van der Waals surface area contributed by atoms with Crippen LogP contribution in [-0.2, 0) is 0 Å². The third-order valence-corrected chi connectivity index (χ3v) is 10.7. The number of fused-ring (bicyclic) bond motifs is 4. The first-order valence-electron chi connectivity index (χ1n) is 18.4. The lowest BCUT2D eigenvalue weighted by molar-refractivity contribution is 1.55. The molecule has 0 saturated heterocycles. The van der Waals surface area contributed by atoms with E-state index in [9.17, 15) is 0 Å². The molecule has 0 aliphatic carbocycles. The van der Waals surface area contributed by atoms with Crippen molar-refractivity contribution in [1.29, 1.82) is 0 Å². The Morgan fingerprint density at radius 1 is 0.444 bits per heavy atom. The van der Waals surface area contributed by atoms with E-state index in [4.69, 9.17) is 6.58 Å². The second kappa shape index (κ2) is 13.8. The number of benzene rings is 9. The second-order valence-corrected chi connectivity index (χ2v) is 13.8. The highest BCUT2D eigenvalue weighted by atomic mass is 14.2. The van der Waals surface area contributed by atoms with Gasteiger partial charge in [-0.1, -0.05) is 196 Å². The highest BCUT2D eigenvalue weighted by Gasteiger charge is 2.20. The van der Waals surface area contributed by atoms with Gasteiger partial charge in [-0.15, -0.1) is 0 Å². The van der Waals surface area contributed by atoms with E-state index in [0.717, 1.165) is 33.4 Å². The lowest BCUT2D eigenvalue weighted by Gasteiger charge is -2.21. The summed E-state index contributed by atoms with van der Waals surface area (Å²) in [4.78, 5) is 0. The summed E-state index contributed by atoms with van der Waals surface area (Å²) in [6.45, 7) is 12.9. The van der Waals surface area contributed by atoms with Gasteiger partial charge in [0.05, 0.1) is 0 Å². The van der Waals surface area contributed by atoms with Gasteiger partial charge in [0.15, 0.2) is 0 Å². The third-order valence-electron chi connectivity index (χ3n) is 10.7. The summed E-state index contributed by atoms with van der Waals surface area (Å²) < 4.78 is 0. The standard InChI is InChI=1S/C54H38/c1-4-6-14-37-23-25-39(26-24-37)42-30-27-40-29-32-44(35-45(40)34-42)54-51-19-11-9-17-49(51)53(50-18-10-12-20-52(50)54)36(3)47-21-13-22-48(46(47)5-2)43-31-28-38-15-7-8-16-41(38)33-43/h4-35H,1-3H2. The molecule has 0 saturated carbocycles. The Morgan fingerprint density at radius 2 is 1.00 bits per heavy atom. The topological polar surface area (TPSA) is 0 Å². The van der Waals surface area contributed by atoms with Gasteiger partial charge in [-0.2, -0.15) is 0 Å². The lowest BCUT2D eigenvalue weighted by Crippen LogP contribution is -1.97. The monoisotopic (exact) mass is 686 g/mol. The van der Waals surface area contributed by atoms with Gasteiger partial charge in [0, 0.05) is 0 Å². The van der Waals surface area contributed by atoms with Crippen molar-refractivity contribution >= 4 is 60.8 Å². The van der Waals surface area contributed by atoms with Crippen LogP contribution in [0.2, 0.25) is 0 Å². The summed E-state index contributed by atoms with van der Waals surface area (Å²) in [6, 6.07) is 61.7. The first-order valence-corrected chi connectivity index (χ1v) is 18.4. The molecule has 0 nitrogen and oxygen atoms in total. The second-order valence-electron chi connectivity index (χ2n) is 13.8. The van der Waals surface area contributed by atoms with E-state index >= 15 is 0 Å². The number of hydrogen-bond acceptors (Lipinski definition) is 0. The van der Waals surface area contributed by atoms with Crippen LogP contribution in [0, 0.1) is 0 Å². The van der Waals surface area contributed by atoms with E-state index < -0.39 is 0 Å². The summed E-state index contributed by atoms with van der Waals surface area (Å²) in [5.74, 6) is 0. The van der Waals surface area contributed by atoms with E-state index in [1.807, 2.05) is 12.2 Å². The number of allylic oxidation sites excluding steroid dienone is 2. The van der Waals surface area contributed by atoms with Crippen molar-refractivity contribution in [3.05, 3.63) is 224 Å². The van der Waals surface area contributed by atoms with Crippen molar-refractivity contribution in [2.24, 2.45) is 0 Å². The average molecular weight is 687 g/mol. The Labute approximate surface area is 317 Å². The molecule has 0 spiro atoms. The molecule has 0 unspecified atom stereocenters. The van der Waals surface area contributed by atoms with Gasteiger partial charge in [-0.05, 0) is 122 Å². The van der Waals surface area contributed by atoms with Crippen molar-refractivity contribution in [2.45, 2.75) is 0 Å². The summed E-state index contributed by atoms with van der Waals surface area (Å²) in [6.07, 6.45) is 7.82. The molecule has 54 heavy (non-hydrogen) atoms. The Hall–Kier alpha value is -7.02. The molecule has 0 N–H and O–H groups in total. The van der Waals surface area contributed by atoms with E-state index in [1.54, 1.807) is 6.08 Å². The summed E-state index contributed by atoms with van der Waals surface area (Å²) in [5.41, 5.74) is 12.6. The fourth-order valence-electron chi connectivity index (χ4n) is 8.10. The predicted molar refractivity (Wildman–Crippen MR) is 237 cm³/mol. The molecule has 0 bridgehead atoms. The minimum atomic E-state index is 0.987. The molecule has 0 fully saturated rings. The van der Waals surface area contributed by atoms with E-state index in [2.05, 4.69) is 189 Å². The van der Waals surface area contributed by atoms with E-state index in [0.29, 0.717) is 0 Å². The molecular formula is C54H38. The summed E-state index contributed by atoms with van der Waals surface area (Å²) >= 11 is 0. The van der Waals surface area contributed by atoms with Crippen molar-refractivity contribution in [3.8, 4) is 33.4 Å². The maximum Gasteiger partial charge on any atom is -0.00261 e. The third kappa shape index (κ3) is 5.75. The Morgan fingerprint density at radius 3 is 1.69 bits per heavy atom. The van der Waals surface area contributed by atoms with E-state index in [-0.39, 0.29) is 0 Å². The molecule has 0 aromatic heterocycles. The van der Waals surface area contributed by atoms with Gasteiger partial charge in [0.2, 0.25) is 0 Å². The largest absolute Gasteiger partial charge is 0.0991 e. The van der Waals surface area contributed by atoms with Crippen molar-refractivity contribution in [3.63, 3.8) is 0 Å². The normalized spacial score (nSPS) is 11.5. The number of rotatable bonds is 8. The quantitative estimate of drug-likeness (QED) is 0.110. The van der Waals surface area contributed by atoms with Crippen LogP contribution in [0.4, 0.5) is 0 Å². The van der Waals surface area contributed by atoms with Gasteiger partial charge in [0.1, 0.15) is 0 Å². The van der Waals surface area contributed by atoms with Crippen LogP contribution in [0.1, 0.15) is 22.3 Å². The highest BCUT2D eigenvalue weighted by molar-refractivity contribution is 6.20. The summed E-state index contributed by atoms with van der Waals surface area (Å²) in [5, 5.41) is 9.66. The first kappa shape index (κ1) is 32.9. The molecule has 9 aromatic rings. The Kier molecular flexibility index (Phi) is 8.42. The zero-order chi connectivity index (χ0) is 36.6. The fourth-order valence-corrected chi connectivity index (χ4v) is 8.10. The molecule has 0 aliphatic heterocycles. The van der Waals surface area contributed by atoms with Crippen molar-refractivity contribution in [1.82, 2.24) is 0 Å². The molecular weight excluding hydrogens is 649 g/mol. The SMILES string of the molecule is C=CC=Cc1ccc(-c2ccc3ccc(-c4c5ccccc5c(C(=C)c5cccc(-c6ccc7ccccc7c6)c5C=C)c5ccccc45)cc3c2)cc1. The first-order chi connectivity index (χ1) is 26.6. The lowest BCUT2D eigenvalue weighted by atomic mass is 9.82. The molecule has 0 amide bonds. The molecule has 0 radical (unpaired) electrons. The molecule has 254 valence electrons. The van der Waals surface area contributed by atoms with Crippen LogP contribution < -0.4 is 0 Å². The fraction of sp³-hybridized carbons (Fsp3) is 0. The zero-order valence-corrected chi connectivity index (χ0v) is 30.1. The van der Waals surface area contributed by atoms with Crippen LogP contribution in [0.25, 0.3) is 94.2 Å². The minimum absolute atomic E-state index is 0.987. The smallest absolute Gasteiger partial charge is 0.00261 e. The highest BCUT2D eigenvalue weighted by Crippen LogP contribution is 2.45. The molecule has 9 aromatic carbocycles. The molecule has 0 atom stereocenters. The maximum atomic E-state index is 4.83. The average Bonchev–Trinajstić information content (AvgIpc) is 3.23. The van der Waals surface area contributed by atoms with Gasteiger partial charge in [-0.3, -0.25) is 0 Å². The molecule has 0 heterocycles. The van der Waals surface area contributed by atoms with Gasteiger partial charge in [-0.25, -0.2) is 0 Å². The van der Waals surface area contributed by atoms with Crippen molar-refractivity contribution < 1.29 is 0 Å². The minimum Gasteiger partial charge on any atom is -0.0991 e. The van der Waals surface area contributed by atoms with Gasteiger partial charge < -0.3 is 0 Å².